The van der Waals surface area contributed by atoms with E-state index < -0.39 is 0 Å². The average molecular weight is 462 g/mol. The second-order valence-electron chi connectivity index (χ2n) is 8.45. The Kier molecular flexibility index (Phi) is 7.69. The lowest BCUT2D eigenvalue weighted by molar-refractivity contribution is -0.133. The second kappa shape index (κ2) is 11.1. The molecule has 1 aliphatic heterocycles. The highest BCUT2D eigenvalue weighted by Crippen LogP contribution is 2.16. The first-order chi connectivity index (χ1) is 16.5. The fraction of sp³-hybridized carbons (Fsp3) is 0.385. The van der Waals surface area contributed by atoms with Crippen molar-refractivity contribution in [2.45, 2.75) is 33.2 Å². The van der Waals surface area contributed by atoms with Crippen molar-refractivity contribution in [1.29, 1.82) is 0 Å². The lowest BCUT2D eigenvalue weighted by Crippen LogP contribution is -2.48. The molecule has 178 valence electrons. The summed E-state index contributed by atoms with van der Waals surface area (Å²) in [6.07, 6.45) is 4.01. The Labute approximate surface area is 199 Å². The lowest BCUT2D eigenvalue weighted by atomic mass is 10.1. The fourth-order valence-electron chi connectivity index (χ4n) is 4.21. The maximum Gasteiger partial charge on any atom is 0.254 e. The number of benzene rings is 1. The van der Waals surface area contributed by atoms with Gasteiger partial charge in [0, 0.05) is 68.4 Å². The largest absolute Gasteiger partial charge is 0.494 e. The molecule has 4 rings (SSSR count). The summed E-state index contributed by atoms with van der Waals surface area (Å²) in [5, 5.41) is 0. The number of amides is 1. The van der Waals surface area contributed by atoms with Gasteiger partial charge in [0.25, 0.3) is 5.56 Å². The SMILES string of the molecule is CCOc1ccc(CN2CCN(C(=O)CCc3c(C)nc(-c4ccncc4)[nH]c3=O)CC2)cc1. The summed E-state index contributed by atoms with van der Waals surface area (Å²) < 4.78 is 5.50. The number of rotatable bonds is 8. The van der Waals surface area contributed by atoms with Gasteiger partial charge in [0.15, 0.2) is 0 Å². The van der Waals surface area contributed by atoms with Crippen molar-refractivity contribution in [1.82, 2.24) is 24.8 Å². The van der Waals surface area contributed by atoms with Crippen LogP contribution in [0.3, 0.4) is 0 Å². The minimum atomic E-state index is -0.188. The highest BCUT2D eigenvalue weighted by molar-refractivity contribution is 5.76. The van der Waals surface area contributed by atoms with Crippen molar-refractivity contribution in [3.63, 3.8) is 0 Å². The van der Waals surface area contributed by atoms with Gasteiger partial charge in [-0.15, -0.1) is 0 Å². The predicted octanol–water partition coefficient (Wildman–Crippen LogP) is 2.82. The minimum absolute atomic E-state index is 0.0812. The third kappa shape index (κ3) is 5.88. The van der Waals surface area contributed by atoms with Gasteiger partial charge in [0.05, 0.1) is 6.61 Å². The van der Waals surface area contributed by atoms with Gasteiger partial charge in [-0.1, -0.05) is 12.1 Å². The number of piperazine rings is 1. The van der Waals surface area contributed by atoms with Crippen LogP contribution in [0.1, 0.15) is 30.2 Å². The Morgan fingerprint density at radius 1 is 1.06 bits per heavy atom. The number of carbonyl (C=O) groups excluding carboxylic acids is 1. The molecule has 0 aliphatic carbocycles. The average Bonchev–Trinajstić information content (AvgIpc) is 2.85. The zero-order valence-electron chi connectivity index (χ0n) is 19.8. The van der Waals surface area contributed by atoms with E-state index in [-0.39, 0.29) is 11.5 Å². The summed E-state index contributed by atoms with van der Waals surface area (Å²) in [7, 11) is 0. The van der Waals surface area contributed by atoms with Gasteiger partial charge < -0.3 is 14.6 Å². The monoisotopic (exact) mass is 461 g/mol. The number of hydrogen-bond donors (Lipinski definition) is 1. The molecule has 8 nitrogen and oxygen atoms in total. The Bertz CT molecular complexity index is 1150. The predicted molar refractivity (Wildman–Crippen MR) is 131 cm³/mol. The highest BCUT2D eigenvalue weighted by atomic mass is 16.5. The molecule has 0 radical (unpaired) electrons. The van der Waals surface area contributed by atoms with Crippen molar-refractivity contribution in [3.05, 3.63) is 76.0 Å². The summed E-state index contributed by atoms with van der Waals surface area (Å²) >= 11 is 0. The number of pyridine rings is 1. The van der Waals surface area contributed by atoms with Crippen LogP contribution >= 0.6 is 0 Å². The molecule has 3 aromatic rings. The Hall–Kier alpha value is -3.52. The van der Waals surface area contributed by atoms with Crippen molar-refractivity contribution >= 4 is 5.91 Å². The Morgan fingerprint density at radius 3 is 2.41 bits per heavy atom. The summed E-state index contributed by atoms with van der Waals surface area (Å²) in [6, 6.07) is 11.8. The van der Waals surface area contributed by atoms with Crippen LogP contribution in [-0.4, -0.2) is 63.4 Å². The van der Waals surface area contributed by atoms with Crippen molar-refractivity contribution in [2.24, 2.45) is 0 Å². The normalized spacial score (nSPS) is 14.2. The number of ether oxygens (including phenoxy) is 1. The summed E-state index contributed by atoms with van der Waals surface area (Å²) in [5.41, 5.74) is 3.08. The molecule has 1 aliphatic rings. The number of carbonyl (C=O) groups is 1. The van der Waals surface area contributed by atoms with Gasteiger partial charge >= 0.3 is 0 Å². The van der Waals surface area contributed by atoms with Crippen molar-refractivity contribution in [3.8, 4) is 17.1 Å². The summed E-state index contributed by atoms with van der Waals surface area (Å²) in [5.74, 6) is 1.49. The number of nitrogens with zero attached hydrogens (tertiary/aromatic N) is 4. The molecule has 1 aromatic carbocycles. The molecule has 0 unspecified atom stereocenters. The quantitative estimate of drug-likeness (QED) is 0.555. The first-order valence-corrected chi connectivity index (χ1v) is 11.8. The van der Waals surface area contributed by atoms with Crippen LogP contribution in [0.15, 0.2) is 53.6 Å². The van der Waals surface area contributed by atoms with Gasteiger partial charge in [0.1, 0.15) is 11.6 Å². The van der Waals surface area contributed by atoms with Gasteiger partial charge in [-0.3, -0.25) is 19.5 Å². The molecule has 2 aromatic heterocycles. The van der Waals surface area contributed by atoms with E-state index in [4.69, 9.17) is 4.74 Å². The van der Waals surface area contributed by atoms with Gasteiger partial charge in [-0.2, -0.15) is 0 Å². The van der Waals surface area contributed by atoms with E-state index in [0.717, 1.165) is 30.9 Å². The zero-order valence-corrected chi connectivity index (χ0v) is 19.8. The van der Waals surface area contributed by atoms with Crippen LogP contribution in [0.25, 0.3) is 11.4 Å². The van der Waals surface area contributed by atoms with E-state index in [9.17, 15) is 9.59 Å². The number of hydrogen-bond acceptors (Lipinski definition) is 6. The third-order valence-corrected chi connectivity index (χ3v) is 6.13. The van der Waals surface area contributed by atoms with Gasteiger partial charge in [0.2, 0.25) is 5.91 Å². The smallest absolute Gasteiger partial charge is 0.254 e. The molecule has 1 fully saturated rings. The van der Waals surface area contributed by atoms with Crippen LogP contribution < -0.4 is 10.3 Å². The zero-order chi connectivity index (χ0) is 23.9. The topological polar surface area (TPSA) is 91.4 Å². The van der Waals surface area contributed by atoms with Crippen LogP contribution in [0.4, 0.5) is 0 Å². The maximum absolute atomic E-state index is 12.8. The van der Waals surface area contributed by atoms with Crippen molar-refractivity contribution in [2.75, 3.05) is 32.8 Å². The van der Waals surface area contributed by atoms with E-state index in [2.05, 4.69) is 32.0 Å². The molecule has 0 saturated carbocycles. The second-order valence-corrected chi connectivity index (χ2v) is 8.45. The van der Waals surface area contributed by atoms with Crippen molar-refractivity contribution < 1.29 is 9.53 Å². The summed E-state index contributed by atoms with van der Waals surface area (Å²) in [4.78, 5) is 41.1. The van der Waals surface area contributed by atoms with Gasteiger partial charge in [-0.25, -0.2) is 4.98 Å². The fourth-order valence-corrected chi connectivity index (χ4v) is 4.21. The van der Waals surface area contributed by atoms with Crippen LogP contribution in [0, 0.1) is 6.92 Å². The van der Waals surface area contributed by atoms with E-state index in [1.807, 2.05) is 30.9 Å². The molecule has 1 saturated heterocycles. The number of H-pyrrole nitrogens is 1. The summed E-state index contributed by atoms with van der Waals surface area (Å²) in [6.45, 7) is 8.38. The molecular weight excluding hydrogens is 430 g/mol. The number of aryl methyl sites for hydroxylation is 1. The molecule has 3 heterocycles. The lowest BCUT2D eigenvalue weighted by Gasteiger charge is -2.35. The molecule has 1 N–H and O–H groups in total. The molecule has 0 atom stereocenters. The molecule has 0 bridgehead atoms. The Balaban J connectivity index is 1.28. The first-order valence-electron chi connectivity index (χ1n) is 11.8. The number of nitrogens with one attached hydrogen (secondary N) is 1. The van der Waals surface area contributed by atoms with Crippen LogP contribution in [0.5, 0.6) is 5.75 Å². The molecule has 8 heteroatoms. The molecule has 34 heavy (non-hydrogen) atoms. The van der Waals surface area contributed by atoms with Crippen LogP contribution in [-0.2, 0) is 17.8 Å². The highest BCUT2D eigenvalue weighted by Gasteiger charge is 2.22. The van der Waals surface area contributed by atoms with E-state index in [0.29, 0.717) is 49.6 Å². The molecule has 1 amide bonds. The number of aromatic nitrogens is 3. The van der Waals surface area contributed by atoms with Crippen LogP contribution in [0.2, 0.25) is 0 Å². The minimum Gasteiger partial charge on any atom is -0.494 e. The molecular formula is C26H31N5O3. The van der Waals surface area contributed by atoms with E-state index in [1.165, 1.54) is 5.56 Å². The van der Waals surface area contributed by atoms with E-state index >= 15 is 0 Å². The Morgan fingerprint density at radius 2 is 1.76 bits per heavy atom. The van der Waals surface area contributed by atoms with E-state index in [1.54, 1.807) is 24.5 Å². The molecule has 0 spiro atoms. The van der Waals surface area contributed by atoms with Gasteiger partial charge in [-0.05, 0) is 50.1 Å². The maximum atomic E-state index is 12.8. The third-order valence-electron chi connectivity index (χ3n) is 6.13. The standard InChI is InChI=1S/C26H31N5O3/c1-3-34-22-6-4-20(5-7-22)18-30-14-16-31(17-15-30)24(32)9-8-23-19(2)28-25(29-26(23)33)21-10-12-27-13-11-21/h4-7,10-13H,3,8-9,14-18H2,1-2H3,(H,28,29,33). The first kappa shape index (κ1) is 23.6. The number of aromatic amines is 1.